The molecule has 1 saturated heterocycles. The maximum atomic E-state index is 12.1. The Kier molecular flexibility index (Phi) is 4.21. The minimum absolute atomic E-state index is 0.224. The fraction of sp³-hybridized carbons (Fsp3) is 0.348. The van der Waals surface area contributed by atoms with Crippen molar-refractivity contribution in [2.45, 2.75) is 25.8 Å². The molecule has 4 heteroatoms. The van der Waals surface area contributed by atoms with Crippen LogP contribution in [0.3, 0.4) is 0 Å². The van der Waals surface area contributed by atoms with Crippen molar-refractivity contribution in [2.24, 2.45) is 0 Å². The van der Waals surface area contributed by atoms with Crippen molar-refractivity contribution in [1.29, 1.82) is 0 Å². The molecule has 4 nitrogen and oxygen atoms in total. The van der Waals surface area contributed by atoms with Crippen LogP contribution >= 0.6 is 0 Å². The monoisotopic (exact) mass is 361 g/mol. The summed E-state index contributed by atoms with van der Waals surface area (Å²) in [5, 5.41) is 1.13. The van der Waals surface area contributed by atoms with Gasteiger partial charge in [-0.2, -0.15) is 0 Å². The predicted molar refractivity (Wildman–Crippen MR) is 108 cm³/mol. The molecule has 0 amide bonds. The quantitative estimate of drug-likeness (QED) is 0.727. The summed E-state index contributed by atoms with van der Waals surface area (Å²) in [5.74, 6) is 0. The third-order valence-corrected chi connectivity index (χ3v) is 6.07. The summed E-state index contributed by atoms with van der Waals surface area (Å²) in [5.41, 5.74) is 5.77. The van der Waals surface area contributed by atoms with Gasteiger partial charge in [-0.05, 0) is 54.7 Å². The molecule has 1 fully saturated rings. The number of piperazine rings is 1. The van der Waals surface area contributed by atoms with E-state index in [1.807, 2.05) is 0 Å². The van der Waals surface area contributed by atoms with Gasteiger partial charge in [0.1, 0.15) is 12.1 Å². The van der Waals surface area contributed by atoms with Gasteiger partial charge < -0.3 is 14.2 Å². The molecule has 0 bridgehead atoms. The molecule has 0 atom stereocenters. The van der Waals surface area contributed by atoms with Crippen molar-refractivity contribution < 1.29 is 9.32 Å². The SMILES string of the molecule is O=c1cc(C[NH+]2CCN(c3ccccc3)CC2)c2cc3c(cc2o1)CCC3. The number of benzene rings is 2. The van der Waals surface area contributed by atoms with E-state index in [9.17, 15) is 4.79 Å². The summed E-state index contributed by atoms with van der Waals surface area (Å²) in [4.78, 5) is 16.1. The predicted octanol–water partition coefficient (Wildman–Crippen LogP) is 2.19. The van der Waals surface area contributed by atoms with E-state index in [4.69, 9.17) is 4.42 Å². The smallest absolute Gasteiger partial charge is 0.336 e. The van der Waals surface area contributed by atoms with Gasteiger partial charge in [-0.15, -0.1) is 0 Å². The molecule has 0 unspecified atom stereocenters. The van der Waals surface area contributed by atoms with Gasteiger partial charge in [-0.25, -0.2) is 4.79 Å². The molecule has 0 saturated carbocycles. The minimum atomic E-state index is -0.224. The van der Waals surface area contributed by atoms with Gasteiger partial charge in [0.2, 0.25) is 0 Å². The third-order valence-electron chi connectivity index (χ3n) is 6.07. The van der Waals surface area contributed by atoms with E-state index in [0.29, 0.717) is 0 Å². The van der Waals surface area contributed by atoms with Gasteiger partial charge >= 0.3 is 5.63 Å². The van der Waals surface area contributed by atoms with E-state index in [2.05, 4.69) is 47.4 Å². The number of quaternary nitrogens is 1. The first-order valence-electron chi connectivity index (χ1n) is 9.98. The molecule has 138 valence electrons. The molecule has 1 aliphatic carbocycles. The van der Waals surface area contributed by atoms with Crippen LogP contribution in [0, 0.1) is 0 Å². The fourth-order valence-electron chi connectivity index (χ4n) is 4.61. The van der Waals surface area contributed by atoms with E-state index in [1.54, 1.807) is 6.07 Å². The summed E-state index contributed by atoms with van der Waals surface area (Å²) >= 11 is 0. The summed E-state index contributed by atoms with van der Waals surface area (Å²) in [7, 11) is 0. The molecule has 2 aliphatic rings. The second kappa shape index (κ2) is 6.86. The first-order valence-corrected chi connectivity index (χ1v) is 9.98. The Morgan fingerprint density at radius 2 is 1.70 bits per heavy atom. The second-order valence-corrected chi connectivity index (χ2v) is 7.81. The molecule has 1 aliphatic heterocycles. The Bertz CT molecular complexity index is 1020. The Hall–Kier alpha value is -2.59. The van der Waals surface area contributed by atoms with Crippen molar-refractivity contribution in [3.8, 4) is 0 Å². The average Bonchev–Trinajstić information content (AvgIpc) is 3.15. The average molecular weight is 361 g/mol. The van der Waals surface area contributed by atoms with Crippen LogP contribution in [0.5, 0.6) is 0 Å². The number of hydrogen-bond donors (Lipinski definition) is 1. The topological polar surface area (TPSA) is 37.9 Å². The summed E-state index contributed by atoms with van der Waals surface area (Å²) in [6.45, 7) is 5.16. The number of fused-ring (bicyclic) bond motifs is 2. The molecule has 3 aromatic rings. The van der Waals surface area contributed by atoms with Crippen LogP contribution in [0.15, 0.2) is 57.7 Å². The minimum Gasteiger partial charge on any atom is -0.423 e. The van der Waals surface area contributed by atoms with E-state index in [1.165, 1.54) is 28.1 Å². The van der Waals surface area contributed by atoms with Crippen molar-refractivity contribution >= 4 is 16.7 Å². The van der Waals surface area contributed by atoms with Crippen LogP contribution < -0.4 is 15.4 Å². The molecule has 27 heavy (non-hydrogen) atoms. The zero-order valence-electron chi connectivity index (χ0n) is 15.5. The maximum absolute atomic E-state index is 12.1. The Balaban J connectivity index is 1.37. The van der Waals surface area contributed by atoms with E-state index >= 15 is 0 Å². The number of para-hydroxylation sites is 1. The molecule has 1 N–H and O–H groups in total. The van der Waals surface area contributed by atoms with Crippen LogP contribution in [0.4, 0.5) is 5.69 Å². The van der Waals surface area contributed by atoms with Gasteiger partial charge in [0.15, 0.2) is 0 Å². The number of hydrogen-bond acceptors (Lipinski definition) is 3. The van der Waals surface area contributed by atoms with E-state index in [-0.39, 0.29) is 5.63 Å². The van der Waals surface area contributed by atoms with Gasteiger partial charge in [-0.1, -0.05) is 18.2 Å². The number of rotatable bonds is 3. The highest BCUT2D eigenvalue weighted by Gasteiger charge is 2.22. The standard InChI is InChI=1S/C23H24N2O2/c26-23-15-19(21-13-17-5-4-6-18(17)14-22(21)27-23)16-24-9-11-25(12-10-24)20-7-2-1-3-8-20/h1-3,7-8,13-15H,4-6,9-12,16H2/p+1. The molecule has 0 spiro atoms. The Labute approximate surface area is 159 Å². The van der Waals surface area contributed by atoms with Crippen LogP contribution in [0.1, 0.15) is 23.1 Å². The van der Waals surface area contributed by atoms with Crippen molar-refractivity contribution in [2.75, 3.05) is 31.1 Å². The molecule has 2 heterocycles. The number of anilines is 1. The first kappa shape index (κ1) is 16.6. The molecular formula is C23H25N2O2+. The van der Waals surface area contributed by atoms with Crippen LogP contribution in [-0.4, -0.2) is 26.2 Å². The van der Waals surface area contributed by atoms with E-state index in [0.717, 1.165) is 62.1 Å². The van der Waals surface area contributed by atoms with Crippen molar-refractivity contribution in [3.05, 3.63) is 75.6 Å². The Morgan fingerprint density at radius 3 is 2.48 bits per heavy atom. The lowest BCUT2D eigenvalue weighted by molar-refractivity contribution is -0.914. The van der Waals surface area contributed by atoms with Gasteiger partial charge in [0.05, 0.1) is 26.2 Å². The largest absolute Gasteiger partial charge is 0.423 e. The van der Waals surface area contributed by atoms with Crippen molar-refractivity contribution in [1.82, 2.24) is 0 Å². The van der Waals surface area contributed by atoms with Gasteiger partial charge in [0.25, 0.3) is 0 Å². The molecule has 0 radical (unpaired) electrons. The van der Waals surface area contributed by atoms with E-state index < -0.39 is 0 Å². The maximum Gasteiger partial charge on any atom is 0.336 e. The van der Waals surface area contributed by atoms with Gasteiger partial charge in [0, 0.05) is 22.7 Å². The second-order valence-electron chi connectivity index (χ2n) is 7.81. The zero-order valence-corrected chi connectivity index (χ0v) is 15.5. The number of aryl methyl sites for hydroxylation is 2. The molecule has 5 rings (SSSR count). The highest BCUT2D eigenvalue weighted by Crippen LogP contribution is 2.28. The Morgan fingerprint density at radius 1 is 0.963 bits per heavy atom. The summed E-state index contributed by atoms with van der Waals surface area (Å²) < 4.78 is 5.52. The normalized spacial score (nSPS) is 17.4. The van der Waals surface area contributed by atoms with Crippen LogP contribution in [-0.2, 0) is 19.4 Å². The first-order chi connectivity index (χ1) is 13.3. The lowest BCUT2D eigenvalue weighted by Gasteiger charge is -2.33. The molecule has 1 aromatic heterocycles. The molecule has 2 aromatic carbocycles. The zero-order chi connectivity index (χ0) is 18.2. The highest BCUT2D eigenvalue weighted by molar-refractivity contribution is 5.82. The summed E-state index contributed by atoms with van der Waals surface area (Å²) in [6, 6.07) is 16.7. The fourth-order valence-corrected chi connectivity index (χ4v) is 4.61. The lowest BCUT2D eigenvalue weighted by atomic mass is 10.0. The third kappa shape index (κ3) is 3.26. The van der Waals surface area contributed by atoms with Crippen LogP contribution in [0.2, 0.25) is 0 Å². The lowest BCUT2D eigenvalue weighted by Crippen LogP contribution is -3.13. The van der Waals surface area contributed by atoms with Gasteiger partial charge in [-0.3, -0.25) is 0 Å². The number of nitrogens with zero attached hydrogens (tertiary/aromatic N) is 1. The highest BCUT2D eigenvalue weighted by atomic mass is 16.4. The van der Waals surface area contributed by atoms with Crippen LogP contribution in [0.25, 0.3) is 11.0 Å². The number of nitrogens with one attached hydrogen (secondary N) is 1. The van der Waals surface area contributed by atoms with Crippen molar-refractivity contribution in [3.63, 3.8) is 0 Å². The summed E-state index contributed by atoms with van der Waals surface area (Å²) in [6.07, 6.45) is 3.45. The molecular weight excluding hydrogens is 336 g/mol.